The Hall–Kier alpha value is -0.820. The average Bonchev–Trinajstić information content (AvgIpc) is 2.57. The molecule has 1 fully saturated rings. The number of piperidine rings is 1. The van der Waals surface area contributed by atoms with Gasteiger partial charge in [0.25, 0.3) is 0 Å². The van der Waals surface area contributed by atoms with Gasteiger partial charge >= 0.3 is 0 Å². The van der Waals surface area contributed by atoms with Crippen LogP contribution in [0.15, 0.2) is 29.3 Å². The van der Waals surface area contributed by atoms with E-state index in [1.165, 1.54) is 37.1 Å². The molecule has 1 aliphatic rings. The van der Waals surface area contributed by atoms with E-state index in [0.717, 1.165) is 25.6 Å². The van der Waals surface area contributed by atoms with E-state index in [4.69, 9.17) is 5.73 Å². The highest BCUT2D eigenvalue weighted by molar-refractivity contribution is 14.0. The topological polar surface area (TPSA) is 44.9 Å². The van der Waals surface area contributed by atoms with Gasteiger partial charge in [0, 0.05) is 19.6 Å². The Morgan fingerprint density at radius 1 is 1.21 bits per heavy atom. The largest absolute Gasteiger partial charge is 0.370 e. The Bertz CT molecular complexity index is 506. The Balaban J connectivity index is 0.00000288. The van der Waals surface area contributed by atoms with Crippen LogP contribution in [0.25, 0.3) is 0 Å². The van der Waals surface area contributed by atoms with Gasteiger partial charge in [-0.3, -0.25) is 4.90 Å². The van der Waals surface area contributed by atoms with Gasteiger partial charge in [-0.05, 0) is 56.8 Å². The molecular weight excluding hydrogens is 411 g/mol. The summed E-state index contributed by atoms with van der Waals surface area (Å²) in [5.41, 5.74) is 8.68. The Kier molecular flexibility index (Phi) is 9.66. The predicted octanol–water partition coefficient (Wildman–Crippen LogP) is 3.69. The van der Waals surface area contributed by atoms with Crippen molar-refractivity contribution in [1.82, 2.24) is 9.80 Å². The van der Waals surface area contributed by atoms with Crippen LogP contribution in [0.2, 0.25) is 0 Å². The lowest BCUT2D eigenvalue weighted by Crippen LogP contribution is -2.37. The van der Waals surface area contributed by atoms with Crippen molar-refractivity contribution >= 4 is 29.9 Å². The number of nitrogens with zero attached hydrogens (tertiary/aromatic N) is 3. The molecule has 1 saturated heterocycles. The van der Waals surface area contributed by atoms with Gasteiger partial charge in [0.1, 0.15) is 0 Å². The first-order chi connectivity index (χ1) is 11.1. The van der Waals surface area contributed by atoms with Gasteiger partial charge < -0.3 is 10.6 Å². The summed E-state index contributed by atoms with van der Waals surface area (Å²) in [5.74, 6) is 1.53. The maximum Gasteiger partial charge on any atom is 0.191 e. The molecule has 24 heavy (non-hydrogen) atoms. The van der Waals surface area contributed by atoms with Crippen molar-refractivity contribution in [3.05, 3.63) is 35.4 Å². The molecule has 136 valence electrons. The van der Waals surface area contributed by atoms with E-state index >= 15 is 0 Å². The van der Waals surface area contributed by atoms with Gasteiger partial charge in [0.15, 0.2) is 5.96 Å². The van der Waals surface area contributed by atoms with Crippen molar-refractivity contribution in [3.8, 4) is 0 Å². The van der Waals surface area contributed by atoms with Crippen LogP contribution in [0.3, 0.4) is 0 Å². The first-order valence-electron chi connectivity index (χ1n) is 8.97. The number of benzene rings is 1. The molecule has 1 heterocycles. The van der Waals surface area contributed by atoms with E-state index in [0.29, 0.717) is 12.5 Å². The second-order valence-corrected chi connectivity index (χ2v) is 6.63. The van der Waals surface area contributed by atoms with E-state index in [-0.39, 0.29) is 24.0 Å². The summed E-state index contributed by atoms with van der Waals surface area (Å²) in [6.07, 6.45) is 2.65. The van der Waals surface area contributed by atoms with Crippen LogP contribution in [0.1, 0.15) is 44.7 Å². The number of rotatable bonds is 6. The third-order valence-corrected chi connectivity index (χ3v) is 4.78. The number of aliphatic imine (C=N–C) groups is 1. The third kappa shape index (κ3) is 6.59. The maximum atomic E-state index is 6.05. The minimum Gasteiger partial charge on any atom is -0.370 e. The fourth-order valence-corrected chi connectivity index (χ4v) is 3.12. The third-order valence-electron chi connectivity index (χ3n) is 4.78. The SMILES string of the molecule is CCN(CC)C(N)=NCc1cccc(CN2CCC(C)CC2)c1.I. The molecule has 0 saturated carbocycles. The fraction of sp³-hybridized carbons (Fsp3) is 0.632. The van der Waals surface area contributed by atoms with Crippen LogP contribution in [0.5, 0.6) is 0 Å². The zero-order valence-electron chi connectivity index (χ0n) is 15.4. The molecule has 0 amide bonds. The van der Waals surface area contributed by atoms with Crippen molar-refractivity contribution in [1.29, 1.82) is 0 Å². The smallest absolute Gasteiger partial charge is 0.191 e. The lowest BCUT2D eigenvalue weighted by atomic mass is 9.98. The van der Waals surface area contributed by atoms with Crippen LogP contribution < -0.4 is 5.73 Å². The van der Waals surface area contributed by atoms with Crippen LogP contribution in [-0.4, -0.2) is 41.9 Å². The predicted molar refractivity (Wildman–Crippen MR) is 114 cm³/mol. The maximum absolute atomic E-state index is 6.05. The molecule has 2 N–H and O–H groups in total. The minimum atomic E-state index is 0. The van der Waals surface area contributed by atoms with Crippen LogP contribution >= 0.6 is 24.0 Å². The Morgan fingerprint density at radius 3 is 2.46 bits per heavy atom. The quantitative estimate of drug-likeness (QED) is 0.414. The van der Waals surface area contributed by atoms with E-state index in [9.17, 15) is 0 Å². The van der Waals surface area contributed by atoms with Crippen molar-refractivity contribution in [3.63, 3.8) is 0 Å². The zero-order valence-corrected chi connectivity index (χ0v) is 17.7. The van der Waals surface area contributed by atoms with Crippen molar-refractivity contribution in [2.75, 3.05) is 26.2 Å². The fourth-order valence-electron chi connectivity index (χ4n) is 3.12. The summed E-state index contributed by atoms with van der Waals surface area (Å²) >= 11 is 0. The minimum absolute atomic E-state index is 0. The number of nitrogens with two attached hydrogens (primary N) is 1. The molecular formula is C19H33IN4. The molecule has 1 aliphatic heterocycles. The van der Waals surface area contributed by atoms with Crippen LogP contribution in [-0.2, 0) is 13.1 Å². The van der Waals surface area contributed by atoms with Crippen LogP contribution in [0.4, 0.5) is 0 Å². The molecule has 0 unspecified atom stereocenters. The molecule has 1 aromatic carbocycles. The molecule has 1 aromatic rings. The van der Waals surface area contributed by atoms with Gasteiger partial charge in [-0.1, -0.05) is 31.2 Å². The summed E-state index contributed by atoms with van der Waals surface area (Å²) in [6, 6.07) is 8.77. The summed E-state index contributed by atoms with van der Waals surface area (Å²) < 4.78 is 0. The van der Waals surface area contributed by atoms with E-state index < -0.39 is 0 Å². The molecule has 4 nitrogen and oxygen atoms in total. The first-order valence-corrected chi connectivity index (χ1v) is 8.97. The van der Waals surface area contributed by atoms with E-state index in [1.807, 2.05) is 0 Å². The lowest BCUT2D eigenvalue weighted by molar-refractivity contribution is 0.185. The monoisotopic (exact) mass is 444 g/mol. The van der Waals surface area contributed by atoms with Gasteiger partial charge in [-0.25, -0.2) is 4.99 Å². The molecule has 0 radical (unpaired) electrons. The zero-order chi connectivity index (χ0) is 16.7. The number of hydrogen-bond acceptors (Lipinski definition) is 2. The number of guanidine groups is 1. The highest BCUT2D eigenvalue weighted by atomic mass is 127. The second-order valence-electron chi connectivity index (χ2n) is 6.63. The number of halogens is 1. The molecule has 0 bridgehead atoms. The van der Waals surface area contributed by atoms with Gasteiger partial charge in [0.05, 0.1) is 6.54 Å². The summed E-state index contributed by atoms with van der Waals surface area (Å²) in [7, 11) is 0. The van der Waals surface area contributed by atoms with Crippen molar-refractivity contribution in [2.45, 2.75) is 46.7 Å². The molecule has 5 heteroatoms. The van der Waals surface area contributed by atoms with Gasteiger partial charge in [-0.2, -0.15) is 0 Å². The summed E-state index contributed by atoms with van der Waals surface area (Å²) in [5, 5.41) is 0. The standard InChI is InChI=1S/C19H32N4.HI/c1-4-23(5-2)19(20)21-14-17-7-6-8-18(13-17)15-22-11-9-16(3)10-12-22;/h6-8,13,16H,4-5,9-12,14-15H2,1-3H3,(H2,20,21);1H. The first kappa shape index (κ1) is 21.2. The van der Waals surface area contributed by atoms with Crippen molar-refractivity contribution in [2.24, 2.45) is 16.6 Å². The Labute approximate surface area is 164 Å². The molecule has 2 rings (SSSR count). The van der Waals surface area contributed by atoms with Gasteiger partial charge in [0.2, 0.25) is 0 Å². The number of likely N-dealkylation sites (tertiary alicyclic amines) is 1. The summed E-state index contributed by atoms with van der Waals surface area (Å²) in [4.78, 5) is 9.19. The van der Waals surface area contributed by atoms with E-state index in [1.54, 1.807) is 0 Å². The molecule has 0 aliphatic carbocycles. The van der Waals surface area contributed by atoms with E-state index in [2.05, 4.69) is 59.8 Å². The highest BCUT2D eigenvalue weighted by Gasteiger charge is 2.15. The lowest BCUT2D eigenvalue weighted by Gasteiger charge is -2.30. The molecule has 0 spiro atoms. The summed E-state index contributed by atoms with van der Waals surface area (Å²) in [6.45, 7) is 12.5. The molecule has 0 atom stereocenters. The Morgan fingerprint density at radius 2 is 1.83 bits per heavy atom. The number of hydrogen-bond donors (Lipinski definition) is 1. The molecule has 0 aromatic heterocycles. The van der Waals surface area contributed by atoms with Crippen LogP contribution in [0, 0.1) is 5.92 Å². The van der Waals surface area contributed by atoms with Crippen molar-refractivity contribution < 1.29 is 0 Å². The van der Waals surface area contributed by atoms with Gasteiger partial charge in [-0.15, -0.1) is 24.0 Å². The second kappa shape index (κ2) is 10.9. The normalized spacial score (nSPS) is 16.7. The highest BCUT2D eigenvalue weighted by Crippen LogP contribution is 2.18. The average molecular weight is 444 g/mol.